The molecule has 0 nitrogen and oxygen atoms in total. The zero-order valence-corrected chi connectivity index (χ0v) is 10.8. The van der Waals surface area contributed by atoms with E-state index in [0.29, 0.717) is 0 Å². The Morgan fingerprint density at radius 1 is 1.29 bits per heavy atom. The first-order valence-corrected chi connectivity index (χ1v) is 6.72. The van der Waals surface area contributed by atoms with Gasteiger partial charge in [-0.05, 0) is 31.7 Å². The fourth-order valence-corrected chi connectivity index (χ4v) is 3.28. The molecule has 1 heterocycles. The molecule has 1 aliphatic carbocycles. The molecule has 14 heavy (non-hydrogen) atoms. The molecule has 1 fully saturated rings. The first-order valence-electron chi connectivity index (χ1n) is 5.53. The molecule has 0 spiro atoms. The van der Waals surface area contributed by atoms with Crippen LogP contribution in [0.25, 0.3) is 0 Å². The fourth-order valence-electron chi connectivity index (χ4n) is 1.89. The minimum atomic E-state index is 0.821. The van der Waals surface area contributed by atoms with E-state index in [-0.39, 0.29) is 0 Å². The van der Waals surface area contributed by atoms with Gasteiger partial charge >= 0.3 is 0 Å². The molecule has 1 aliphatic rings. The van der Waals surface area contributed by atoms with Crippen molar-refractivity contribution in [3.63, 3.8) is 0 Å². The van der Waals surface area contributed by atoms with Gasteiger partial charge < -0.3 is 0 Å². The van der Waals surface area contributed by atoms with E-state index >= 15 is 0 Å². The SMILES string of the molecule is CC.Cc1sc(C2CCCC2)cc1Cl. The van der Waals surface area contributed by atoms with Crippen molar-refractivity contribution >= 4 is 22.9 Å². The Bertz CT molecular complexity index is 252. The number of hydrogen-bond acceptors (Lipinski definition) is 1. The molecule has 0 bridgehead atoms. The maximum absolute atomic E-state index is 6.02. The number of aryl methyl sites for hydroxylation is 1. The molecule has 0 radical (unpaired) electrons. The second-order valence-corrected chi connectivity index (χ2v) is 5.23. The van der Waals surface area contributed by atoms with Crippen LogP contribution < -0.4 is 0 Å². The van der Waals surface area contributed by atoms with Gasteiger partial charge in [-0.2, -0.15) is 0 Å². The van der Waals surface area contributed by atoms with Gasteiger partial charge in [0.05, 0.1) is 5.02 Å². The van der Waals surface area contributed by atoms with Gasteiger partial charge in [0.15, 0.2) is 0 Å². The van der Waals surface area contributed by atoms with E-state index in [9.17, 15) is 0 Å². The molecular weight excluding hydrogens is 212 g/mol. The van der Waals surface area contributed by atoms with E-state index in [0.717, 1.165) is 10.9 Å². The van der Waals surface area contributed by atoms with Crippen molar-refractivity contribution in [3.8, 4) is 0 Å². The lowest BCUT2D eigenvalue weighted by Gasteiger charge is -2.03. The Morgan fingerprint density at radius 3 is 2.29 bits per heavy atom. The molecule has 0 unspecified atom stereocenters. The van der Waals surface area contributed by atoms with E-state index in [1.807, 2.05) is 25.2 Å². The monoisotopic (exact) mass is 230 g/mol. The fraction of sp³-hybridized carbons (Fsp3) is 0.667. The van der Waals surface area contributed by atoms with Crippen molar-refractivity contribution in [2.45, 2.75) is 52.4 Å². The summed E-state index contributed by atoms with van der Waals surface area (Å²) in [6, 6.07) is 2.16. The Hall–Kier alpha value is -0.0100. The summed E-state index contributed by atoms with van der Waals surface area (Å²) in [5.74, 6) is 0.821. The van der Waals surface area contributed by atoms with Crippen LogP contribution in [-0.2, 0) is 0 Å². The summed E-state index contributed by atoms with van der Waals surface area (Å²) in [7, 11) is 0. The van der Waals surface area contributed by atoms with Crippen molar-refractivity contribution < 1.29 is 0 Å². The van der Waals surface area contributed by atoms with Gasteiger partial charge in [0, 0.05) is 9.75 Å². The lowest BCUT2D eigenvalue weighted by atomic mass is 10.1. The number of thiophene rings is 1. The molecule has 2 heteroatoms. The summed E-state index contributed by atoms with van der Waals surface area (Å²) < 4.78 is 0. The highest BCUT2D eigenvalue weighted by molar-refractivity contribution is 7.12. The Balaban J connectivity index is 0.000000461. The molecule has 0 aliphatic heterocycles. The highest BCUT2D eigenvalue weighted by Crippen LogP contribution is 2.39. The van der Waals surface area contributed by atoms with Crippen LogP contribution in [0.2, 0.25) is 5.02 Å². The first kappa shape index (κ1) is 12.1. The minimum absolute atomic E-state index is 0.821. The summed E-state index contributed by atoms with van der Waals surface area (Å²) >= 11 is 7.90. The number of rotatable bonds is 1. The van der Waals surface area contributed by atoms with Crippen molar-refractivity contribution in [1.82, 2.24) is 0 Å². The van der Waals surface area contributed by atoms with Crippen molar-refractivity contribution in [2.75, 3.05) is 0 Å². The number of hydrogen-bond donors (Lipinski definition) is 0. The predicted molar refractivity (Wildman–Crippen MR) is 66.6 cm³/mol. The van der Waals surface area contributed by atoms with Gasteiger partial charge in [0.25, 0.3) is 0 Å². The standard InChI is InChI=1S/C10H13ClS.C2H6/c1-7-9(11)6-10(12-7)8-4-2-3-5-8;1-2/h6,8H,2-5H2,1H3;1-2H3. The van der Waals surface area contributed by atoms with Crippen LogP contribution in [0.4, 0.5) is 0 Å². The summed E-state index contributed by atoms with van der Waals surface area (Å²) in [5.41, 5.74) is 0. The maximum Gasteiger partial charge on any atom is 0.0545 e. The average molecular weight is 231 g/mol. The topological polar surface area (TPSA) is 0 Å². The lowest BCUT2D eigenvalue weighted by Crippen LogP contribution is -1.85. The molecule has 1 saturated carbocycles. The molecule has 0 amide bonds. The first-order chi connectivity index (χ1) is 6.77. The van der Waals surface area contributed by atoms with Gasteiger partial charge in [-0.15, -0.1) is 11.3 Å². The quantitative estimate of drug-likeness (QED) is 0.607. The predicted octanol–water partition coefficient (Wildman–Crippen LogP) is 5.39. The summed E-state index contributed by atoms with van der Waals surface area (Å²) in [4.78, 5) is 2.79. The van der Waals surface area contributed by atoms with Crippen LogP contribution in [0.15, 0.2) is 6.07 Å². The van der Waals surface area contributed by atoms with Gasteiger partial charge in [0.2, 0.25) is 0 Å². The third kappa shape index (κ3) is 2.74. The summed E-state index contributed by atoms with van der Waals surface area (Å²) in [6.07, 6.45) is 5.55. The molecule has 1 aromatic rings. The van der Waals surface area contributed by atoms with Crippen LogP contribution in [0.1, 0.15) is 55.2 Å². The largest absolute Gasteiger partial charge is 0.144 e. The third-order valence-corrected chi connectivity index (χ3v) is 4.35. The van der Waals surface area contributed by atoms with E-state index in [2.05, 4.69) is 13.0 Å². The minimum Gasteiger partial charge on any atom is -0.144 e. The van der Waals surface area contributed by atoms with Crippen LogP contribution >= 0.6 is 22.9 Å². The Kier molecular flexibility index (Phi) is 4.97. The second-order valence-electron chi connectivity index (χ2n) is 3.53. The van der Waals surface area contributed by atoms with E-state index in [1.54, 1.807) is 0 Å². The normalized spacial score (nSPS) is 16.6. The molecule has 0 N–H and O–H groups in total. The third-order valence-electron chi connectivity index (χ3n) is 2.63. The van der Waals surface area contributed by atoms with E-state index in [4.69, 9.17) is 11.6 Å². The van der Waals surface area contributed by atoms with Gasteiger partial charge in [-0.1, -0.05) is 38.3 Å². The number of halogens is 1. The summed E-state index contributed by atoms with van der Waals surface area (Å²) in [6.45, 7) is 6.10. The lowest BCUT2D eigenvalue weighted by molar-refractivity contribution is 0.738. The highest BCUT2D eigenvalue weighted by atomic mass is 35.5. The van der Waals surface area contributed by atoms with Crippen LogP contribution in [0.5, 0.6) is 0 Å². The molecule has 0 atom stereocenters. The van der Waals surface area contributed by atoms with Crippen LogP contribution in [0, 0.1) is 6.92 Å². The van der Waals surface area contributed by atoms with Crippen molar-refractivity contribution in [1.29, 1.82) is 0 Å². The molecular formula is C12H19ClS. The molecule has 80 valence electrons. The molecule has 2 rings (SSSR count). The van der Waals surface area contributed by atoms with Gasteiger partial charge in [0.1, 0.15) is 0 Å². The average Bonchev–Trinajstić information content (AvgIpc) is 2.80. The smallest absolute Gasteiger partial charge is 0.0545 e. The summed E-state index contributed by atoms with van der Waals surface area (Å²) in [5, 5.41) is 0.960. The second kappa shape index (κ2) is 5.77. The zero-order valence-electron chi connectivity index (χ0n) is 9.27. The molecule has 1 aromatic heterocycles. The van der Waals surface area contributed by atoms with Crippen molar-refractivity contribution in [2.24, 2.45) is 0 Å². The Morgan fingerprint density at radius 2 is 1.86 bits per heavy atom. The van der Waals surface area contributed by atoms with E-state index < -0.39 is 0 Å². The van der Waals surface area contributed by atoms with E-state index in [1.165, 1.54) is 35.4 Å². The highest BCUT2D eigenvalue weighted by Gasteiger charge is 2.19. The van der Waals surface area contributed by atoms with Gasteiger partial charge in [-0.25, -0.2) is 0 Å². The Labute approximate surface area is 96.3 Å². The van der Waals surface area contributed by atoms with Crippen molar-refractivity contribution in [3.05, 3.63) is 20.8 Å². The van der Waals surface area contributed by atoms with Crippen LogP contribution in [-0.4, -0.2) is 0 Å². The zero-order chi connectivity index (χ0) is 10.6. The molecule has 0 aromatic carbocycles. The van der Waals surface area contributed by atoms with Crippen LogP contribution in [0.3, 0.4) is 0 Å². The molecule has 0 saturated heterocycles. The van der Waals surface area contributed by atoms with Gasteiger partial charge in [-0.3, -0.25) is 0 Å². The maximum atomic E-state index is 6.02.